The Hall–Kier alpha value is -2.25. The molecule has 1 aromatic carbocycles. The Balaban J connectivity index is 2.54. The number of esters is 1. The zero-order valence-corrected chi connectivity index (χ0v) is 11.3. The van der Waals surface area contributed by atoms with E-state index in [1.54, 1.807) is 6.92 Å². The van der Waals surface area contributed by atoms with Gasteiger partial charge in [0.25, 0.3) is 0 Å². The van der Waals surface area contributed by atoms with E-state index in [4.69, 9.17) is 0 Å². The van der Waals surface area contributed by atoms with Crippen LogP contribution in [0.5, 0.6) is 0 Å². The summed E-state index contributed by atoms with van der Waals surface area (Å²) in [4.78, 5) is 22.5. The van der Waals surface area contributed by atoms with Gasteiger partial charge in [0.2, 0.25) is 0 Å². The summed E-state index contributed by atoms with van der Waals surface area (Å²) < 4.78 is 42.8. The third kappa shape index (κ3) is 5.72. The molecule has 0 bridgehead atoms. The Labute approximate surface area is 119 Å². The van der Waals surface area contributed by atoms with Gasteiger partial charge in [-0.2, -0.15) is 13.2 Å². The van der Waals surface area contributed by atoms with E-state index in [2.05, 4.69) is 15.4 Å². The number of carbonyl (C=O) groups excluding carboxylic acids is 2. The minimum atomic E-state index is -4.56. The highest BCUT2D eigenvalue weighted by Crippen LogP contribution is 2.34. The van der Waals surface area contributed by atoms with Crippen molar-refractivity contribution >= 4 is 17.7 Å². The predicted molar refractivity (Wildman–Crippen MR) is 69.7 cm³/mol. The third-order valence-electron chi connectivity index (χ3n) is 2.40. The van der Waals surface area contributed by atoms with E-state index in [1.165, 1.54) is 12.1 Å². The highest BCUT2D eigenvalue weighted by atomic mass is 19.4. The second-order valence-electron chi connectivity index (χ2n) is 3.98. The lowest BCUT2D eigenvalue weighted by Crippen LogP contribution is -2.31. The third-order valence-corrected chi connectivity index (χ3v) is 2.40. The number of carbonyl (C=O) groups is 2. The lowest BCUT2D eigenvalue weighted by Gasteiger charge is -2.13. The summed E-state index contributed by atoms with van der Waals surface area (Å²) in [6.07, 6.45) is -4.61. The lowest BCUT2D eigenvalue weighted by atomic mass is 10.1. The molecule has 0 unspecified atom stereocenters. The molecule has 8 heteroatoms. The van der Waals surface area contributed by atoms with E-state index < -0.39 is 23.7 Å². The molecule has 0 aromatic heterocycles. The number of anilines is 1. The van der Waals surface area contributed by atoms with Gasteiger partial charge in [-0.15, -0.1) is 0 Å². The van der Waals surface area contributed by atoms with Crippen LogP contribution < -0.4 is 10.6 Å². The molecule has 2 N–H and O–H groups in total. The topological polar surface area (TPSA) is 67.4 Å². The van der Waals surface area contributed by atoms with Gasteiger partial charge in [0, 0.05) is 6.54 Å². The SMILES string of the molecule is CCOC(=O)CCNC(=O)Nc1ccccc1C(F)(F)F. The Morgan fingerprint density at radius 3 is 2.52 bits per heavy atom. The van der Waals surface area contributed by atoms with E-state index >= 15 is 0 Å². The number of hydrogen-bond acceptors (Lipinski definition) is 3. The normalized spacial score (nSPS) is 10.9. The van der Waals surface area contributed by atoms with Gasteiger partial charge >= 0.3 is 18.2 Å². The number of urea groups is 1. The van der Waals surface area contributed by atoms with Crippen molar-refractivity contribution in [2.24, 2.45) is 0 Å². The first-order chi connectivity index (χ1) is 9.84. The standard InChI is InChI=1S/C13H15F3N2O3/c1-2-21-11(19)7-8-17-12(20)18-10-6-4-3-5-9(10)13(14,15)16/h3-6H,2,7-8H2,1H3,(H2,17,18,20). The molecule has 0 saturated heterocycles. The van der Waals surface area contributed by atoms with Crippen LogP contribution in [0.15, 0.2) is 24.3 Å². The fraction of sp³-hybridized carbons (Fsp3) is 0.385. The molecule has 1 rings (SSSR count). The van der Waals surface area contributed by atoms with Crippen LogP contribution in [0.2, 0.25) is 0 Å². The highest BCUT2D eigenvalue weighted by molar-refractivity contribution is 5.90. The maximum Gasteiger partial charge on any atom is 0.418 e. The molecule has 5 nitrogen and oxygen atoms in total. The monoisotopic (exact) mass is 304 g/mol. The van der Waals surface area contributed by atoms with Crippen LogP contribution in [-0.2, 0) is 15.7 Å². The van der Waals surface area contributed by atoms with Gasteiger partial charge in [-0.05, 0) is 19.1 Å². The van der Waals surface area contributed by atoms with Gasteiger partial charge in [-0.3, -0.25) is 4.79 Å². The van der Waals surface area contributed by atoms with Crippen LogP contribution in [0.4, 0.5) is 23.7 Å². The number of rotatable bonds is 5. The fourth-order valence-electron chi connectivity index (χ4n) is 1.52. The smallest absolute Gasteiger partial charge is 0.418 e. The van der Waals surface area contributed by atoms with Crippen molar-refractivity contribution in [1.29, 1.82) is 0 Å². The average Bonchev–Trinajstić information content (AvgIpc) is 2.38. The van der Waals surface area contributed by atoms with Crippen molar-refractivity contribution in [1.82, 2.24) is 5.32 Å². The summed E-state index contributed by atoms with van der Waals surface area (Å²) in [5.74, 6) is -0.492. The van der Waals surface area contributed by atoms with Gasteiger partial charge in [-0.1, -0.05) is 12.1 Å². The predicted octanol–water partition coefficient (Wildman–Crippen LogP) is 2.78. The van der Waals surface area contributed by atoms with Crippen molar-refractivity contribution in [3.8, 4) is 0 Å². The van der Waals surface area contributed by atoms with Crippen LogP contribution >= 0.6 is 0 Å². The molecular formula is C13H15F3N2O3. The number of para-hydroxylation sites is 1. The number of nitrogens with one attached hydrogen (secondary N) is 2. The second-order valence-corrected chi connectivity index (χ2v) is 3.98. The first kappa shape index (κ1) is 16.8. The molecule has 0 atom stereocenters. The molecule has 0 fully saturated rings. The number of benzene rings is 1. The van der Waals surface area contributed by atoms with E-state index in [0.29, 0.717) is 0 Å². The van der Waals surface area contributed by atoms with Gasteiger partial charge < -0.3 is 15.4 Å². The van der Waals surface area contributed by atoms with Crippen LogP contribution in [0, 0.1) is 0 Å². The van der Waals surface area contributed by atoms with Crippen molar-refractivity contribution < 1.29 is 27.5 Å². The molecule has 21 heavy (non-hydrogen) atoms. The summed E-state index contributed by atoms with van der Waals surface area (Å²) in [7, 11) is 0. The Bertz CT molecular complexity index is 504. The Kier molecular flexibility index (Phi) is 6.01. The van der Waals surface area contributed by atoms with Gasteiger partial charge in [0.15, 0.2) is 0 Å². The van der Waals surface area contributed by atoms with Crippen LogP contribution in [0.25, 0.3) is 0 Å². The maximum atomic E-state index is 12.7. The van der Waals surface area contributed by atoms with Crippen molar-refractivity contribution in [3.63, 3.8) is 0 Å². The summed E-state index contributed by atoms with van der Waals surface area (Å²) >= 11 is 0. The fourth-order valence-corrected chi connectivity index (χ4v) is 1.52. The Morgan fingerprint density at radius 1 is 1.24 bits per heavy atom. The molecule has 0 aliphatic carbocycles. The molecule has 116 valence electrons. The first-order valence-corrected chi connectivity index (χ1v) is 6.21. The van der Waals surface area contributed by atoms with Gasteiger partial charge in [0.1, 0.15) is 0 Å². The van der Waals surface area contributed by atoms with E-state index in [9.17, 15) is 22.8 Å². The Morgan fingerprint density at radius 2 is 1.90 bits per heavy atom. The molecule has 0 radical (unpaired) electrons. The zero-order valence-electron chi connectivity index (χ0n) is 11.3. The summed E-state index contributed by atoms with van der Waals surface area (Å²) in [6.45, 7) is 1.84. The maximum absolute atomic E-state index is 12.7. The highest BCUT2D eigenvalue weighted by Gasteiger charge is 2.33. The minimum absolute atomic E-state index is 0.0289. The molecule has 0 spiro atoms. The minimum Gasteiger partial charge on any atom is -0.466 e. The quantitative estimate of drug-likeness (QED) is 0.822. The average molecular weight is 304 g/mol. The summed E-state index contributed by atoms with van der Waals surface area (Å²) in [5.41, 5.74) is -1.29. The molecule has 0 aliphatic heterocycles. The largest absolute Gasteiger partial charge is 0.466 e. The van der Waals surface area contributed by atoms with Crippen molar-refractivity contribution in [2.75, 3.05) is 18.5 Å². The van der Waals surface area contributed by atoms with E-state index in [0.717, 1.165) is 12.1 Å². The number of amides is 2. The zero-order chi connectivity index (χ0) is 15.9. The molecule has 0 heterocycles. The molecule has 0 saturated carbocycles. The molecule has 0 aliphatic rings. The summed E-state index contributed by atoms with van der Waals surface area (Å²) in [5, 5.41) is 4.38. The van der Waals surface area contributed by atoms with Gasteiger partial charge in [-0.25, -0.2) is 4.79 Å². The number of hydrogen-bond donors (Lipinski definition) is 2. The first-order valence-electron chi connectivity index (χ1n) is 6.21. The van der Waals surface area contributed by atoms with E-state index in [-0.39, 0.29) is 25.3 Å². The van der Waals surface area contributed by atoms with Crippen molar-refractivity contribution in [2.45, 2.75) is 19.5 Å². The second kappa shape index (κ2) is 7.51. The number of alkyl halides is 3. The van der Waals surface area contributed by atoms with Gasteiger partial charge in [0.05, 0.1) is 24.3 Å². The van der Waals surface area contributed by atoms with Crippen molar-refractivity contribution in [3.05, 3.63) is 29.8 Å². The lowest BCUT2D eigenvalue weighted by molar-refractivity contribution is -0.143. The van der Waals surface area contributed by atoms with E-state index in [1.807, 2.05) is 0 Å². The number of ether oxygens (including phenoxy) is 1. The summed E-state index contributed by atoms with van der Waals surface area (Å²) in [6, 6.07) is 3.80. The van der Waals surface area contributed by atoms with Crippen LogP contribution in [0.3, 0.4) is 0 Å². The molecule has 1 aromatic rings. The van der Waals surface area contributed by atoms with Crippen LogP contribution in [0.1, 0.15) is 18.9 Å². The van der Waals surface area contributed by atoms with Crippen LogP contribution in [-0.4, -0.2) is 25.2 Å². The number of halogens is 3. The molecular weight excluding hydrogens is 289 g/mol. The molecule has 2 amide bonds.